The van der Waals surface area contributed by atoms with Crippen LogP contribution in [0.4, 0.5) is 0 Å². The molecule has 4 heteroatoms. The molecule has 4 nitrogen and oxygen atoms in total. The van der Waals surface area contributed by atoms with Crippen molar-refractivity contribution in [2.75, 3.05) is 0 Å². The molecule has 2 aromatic rings. The largest absolute Gasteiger partial charge is 0.493 e. The van der Waals surface area contributed by atoms with Crippen molar-refractivity contribution < 1.29 is 5.11 Å². The Morgan fingerprint density at radius 2 is 1.86 bits per heavy atom. The molecule has 0 saturated heterocycles. The van der Waals surface area contributed by atoms with E-state index in [0.717, 1.165) is 42.5 Å². The molecule has 1 N–H and O–H groups in total. The van der Waals surface area contributed by atoms with Gasteiger partial charge in [0.05, 0.1) is 0 Å². The smallest absolute Gasteiger partial charge is 0.278 e. The first-order chi connectivity index (χ1) is 10.0. The van der Waals surface area contributed by atoms with Gasteiger partial charge < -0.3 is 5.11 Å². The van der Waals surface area contributed by atoms with E-state index in [0.29, 0.717) is 12.1 Å². The van der Waals surface area contributed by atoms with Crippen LogP contribution in [0, 0.1) is 13.8 Å². The Morgan fingerprint density at radius 1 is 1.14 bits per heavy atom. The van der Waals surface area contributed by atoms with Gasteiger partial charge in [0.2, 0.25) is 5.88 Å². The second-order valence-corrected chi connectivity index (χ2v) is 5.97. The Morgan fingerprint density at radius 3 is 2.52 bits per heavy atom. The van der Waals surface area contributed by atoms with Gasteiger partial charge in [-0.1, -0.05) is 31.0 Å². The molecular weight excluding hydrogens is 264 g/mol. The predicted octanol–water partition coefficient (Wildman–Crippen LogP) is 3.00. The lowest BCUT2D eigenvalue weighted by molar-refractivity contribution is 0.399. The van der Waals surface area contributed by atoms with Crippen molar-refractivity contribution in [3.05, 3.63) is 39.2 Å². The third-order valence-electron chi connectivity index (χ3n) is 4.28. The average molecular weight is 286 g/mol. The summed E-state index contributed by atoms with van der Waals surface area (Å²) in [6.45, 7) is 7.64. The fourth-order valence-corrected chi connectivity index (χ4v) is 3.50. The molecule has 0 saturated carbocycles. The van der Waals surface area contributed by atoms with Crippen LogP contribution in [-0.4, -0.2) is 14.5 Å². The van der Waals surface area contributed by atoms with Crippen LogP contribution in [0.2, 0.25) is 0 Å². The number of aromatic nitrogens is 2. The molecule has 112 valence electrons. The maximum absolute atomic E-state index is 12.7. The summed E-state index contributed by atoms with van der Waals surface area (Å²) in [5.74, 6) is 0.127. The molecule has 3 rings (SSSR count). The van der Waals surface area contributed by atoms with Crippen molar-refractivity contribution >= 4 is 0 Å². The van der Waals surface area contributed by atoms with E-state index in [9.17, 15) is 9.90 Å². The quantitative estimate of drug-likeness (QED) is 0.943. The van der Waals surface area contributed by atoms with Crippen LogP contribution in [0.25, 0.3) is 11.1 Å². The van der Waals surface area contributed by atoms with E-state index in [1.807, 2.05) is 6.92 Å². The zero-order valence-electron chi connectivity index (χ0n) is 12.9. The van der Waals surface area contributed by atoms with Gasteiger partial charge in [0.15, 0.2) is 0 Å². The molecule has 21 heavy (non-hydrogen) atoms. The highest BCUT2D eigenvalue weighted by molar-refractivity contribution is 5.75. The fourth-order valence-electron chi connectivity index (χ4n) is 3.50. The molecule has 0 spiro atoms. The van der Waals surface area contributed by atoms with Crippen LogP contribution in [0.15, 0.2) is 16.9 Å². The van der Waals surface area contributed by atoms with E-state index in [4.69, 9.17) is 0 Å². The minimum atomic E-state index is -0.0608. The van der Waals surface area contributed by atoms with Gasteiger partial charge in [-0.15, -0.1) is 0 Å². The number of aromatic hydroxyl groups is 1. The van der Waals surface area contributed by atoms with Crippen molar-refractivity contribution in [1.82, 2.24) is 9.36 Å². The maximum atomic E-state index is 12.7. The Hall–Kier alpha value is -1.97. The first-order valence-electron chi connectivity index (χ1n) is 7.67. The topological polar surface area (TPSA) is 47.2 Å². The third kappa shape index (κ3) is 2.09. The Bertz CT molecular complexity index is 753. The second kappa shape index (κ2) is 5.10. The summed E-state index contributed by atoms with van der Waals surface area (Å²) in [5, 5.41) is 10.5. The molecule has 0 atom stereocenters. The van der Waals surface area contributed by atoms with E-state index >= 15 is 0 Å². The summed E-state index contributed by atoms with van der Waals surface area (Å²) in [6, 6.07) is 4.22. The van der Waals surface area contributed by atoms with Crippen LogP contribution in [-0.2, 0) is 19.5 Å². The first-order valence-corrected chi connectivity index (χ1v) is 7.67. The minimum Gasteiger partial charge on any atom is -0.493 e. The molecule has 0 aliphatic carbocycles. The van der Waals surface area contributed by atoms with Crippen LogP contribution < -0.4 is 5.56 Å². The number of aryl methyl sites for hydroxylation is 3. The van der Waals surface area contributed by atoms with Gasteiger partial charge in [-0.2, -0.15) is 0 Å². The summed E-state index contributed by atoms with van der Waals surface area (Å²) in [5.41, 5.74) is 4.78. The molecular formula is C17H22N2O2. The molecule has 2 heterocycles. The molecule has 1 aliphatic heterocycles. The van der Waals surface area contributed by atoms with E-state index < -0.39 is 0 Å². The third-order valence-corrected chi connectivity index (χ3v) is 4.28. The summed E-state index contributed by atoms with van der Waals surface area (Å²) in [6.07, 6.45) is 2.85. The van der Waals surface area contributed by atoms with Crippen molar-refractivity contribution in [2.24, 2.45) is 0 Å². The van der Waals surface area contributed by atoms with E-state index in [1.165, 1.54) is 5.56 Å². The van der Waals surface area contributed by atoms with Crippen LogP contribution in [0.1, 0.15) is 36.5 Å². The molecule has 0 fully saturated rings. The zero-order chi connectivity index (χ0) is 15.1. The highest BCUT2D eigenvalue weighted by Gasteiger charge is 2.26. The summed E-state index contributed by atoms with van der Waals surface area (Å²) >= 11 is 0. The Kier molecular flexibility index (Phi) is 3.40. The molecule has 1 aliphatic rings. The predicted molar refractivity (Wildman–Crippen MR) is 83.9 cm³/mol. The van der Waals surface area contributed by atoms with E-state index in [2.05, 4.69) is 26.0 Å². The number of hydrogen-bond donors (Lipinski definition) is 1. The lowest BCUT2D eigenvalue weighted by Gasteiger charge is -2.12. The Balaban J connectivity index is 2.29. The van der Waals surface area contributed by atoms with Gasteiger partial charge in [-0.3, -0.25) is 9.48 Å². The standard InChI is InChI=1S/C17H22N2O2/c1-4-6-13-10-11(2)9-12(3)14(13)15-16(20)18-7-5-8-19(18)17(15)21/h9-10,20H,4-8H2,1-3H3. The normalized spacial score (nSPS) is 13.7. The van der Waals surface area contributed by atoms with Crippen molar-refractivity contribution in [1.29, 1.82) is 0 Å². The summed E-state index contributed by atoms with van der Waals surface area (Å²) in [7, 11) is 0. The fraction of sp³-hybridized carbons (Fsp3) is 0.471. The SMILES string of the molecule is CCCc1cc(C)cc(C)c1-c1c(O)n2n(c1=O)CCC2. The Labute approximate surface area is 124 Å². The molecule has 1 aromatic heterocycles. The molecule has 0 radical (unpaired) electrons. The van der Waals surface area contributed by atoms with E-state index in [-0.39, 0.29) is 11.4 Å². The van der Waals surface area contributed by atoms with Gasteiger partial charge >= 0.3 is 0 Å². The number of rotatable bonds is 3. The van der Waals surface area contributed by atoms with E-state index in [1.54, 1.807) is 9.36 Å². The van der Waals surface area contributed by atoms with Crippen LogP contribution >= 0.6 is 0 Å². The van der Waals surface area contributed by atoms with Gasteiger partial charge in [-0.05, 0) is 43.4 Å². The minimum absolute atomic E-state index is 0.0608. The number of hydrogen-bond acceptors (Lipinski definition) is 2. The number of nitrogens with zero attached hydrogens (tertiary/aromatic N) is 2. The van der Waals surface area contributed by atoms with Gasteiger partial charge in [-0.25, -0.2) is 4.68 Å². The monoisotopic (exact) mass is 286 g/mol. The molecule has 1 aromatic carbocycles. The zero-order valence-corrected chi connectivity index (χ0v) is 12.9. The lowest BCUT2D eigenvalue weighted by Crippen LogP contribution is -2.18. The first kappa shape index (κ1) is 14.0. The highest BCUT2D eigenvalue weighted by Crippen LogP contribution is 2.34. The van der Waals surface area contributed by atoms with Crippen molar-refractivity contribution in [3.8, 4) is 17.0 Å². The average Bonchev–Trinajstić information content (AvgIpc) is 2.97. The molecule has 0 bridgehead atoms. The van der Waals surface area contributed by atoms with Crippen molar-refractivity contribution in [3.63, 3.8) is 0 Å². The number of fused-ring (bicyclic) bond motifs is 1. The lowest BCUT2D eigenvalue weighted by atomic mass is 9.92. The number of benzene rings is 1. The molecule has 0 amide bonds. The van der Waals surface area contributed by atoms with Gasteiger partial charge in [0.25, 0.3) is 5.56 Å². The molecule has 0 unspecified atom stereocenters. The van der Waals surface area contributed by atoms with Crippen LogP contribution in [0.5, 0.6) is 5.88 Å². The van der Waals surface area contributed by atoms with Crippen LogP contribution in [0.3, 0.4) is 0 Å². The summed E-state index contributed by atoms with van der Waals surface area (Å²) in [4.78, 5) is 12.7. The maximum Gasteiger partial charge on any atom is 0.278 e. The second-order valence-electron chi connectivity index (χ2n) is 5.97. The van der Waals surface area contributed by atoms with Gasteiger partial charge in [0.1, 0.15) is 5.56 Å². The summed E-state index contributed by atoms with van der Waals surface area (Å²) < 4.78 is 3.38. The van der Waals surface area contributed by atoms with Gasteiger partial charge in [0, 0.05) is 13.1 Å². The highest BCUT2D eigenvalue weighted by atomic mass is 16.3. The van der Waals surface area contributed by atoms with Crippen molar-refractivity contribution in [2.45, 2.75) is 53.1 Å².